The zero-order valence-corrected chi connectivity index (χ0v) is 21.0. The van der Waals surface area contributed by atoms with E-state index in [9.17, 15) is 0 Å². The smallest absolute Gasteiger partial charge is 0.179 e. The summed E-state index contributed by atoms with van der Waals surface area (Å²) in [7, 11) is 0. The van der Waals surface area contributed by atoms with Gasteiger partial charge in [0.05, 0.1) is 11.4 Å². The van der Waals surface area contributed by atoms with E-state index in [-0.39, 0.29) is 6.17 Å². The molecule has 0 amide bonds. The molecular formula is C34H26N4. The number of nitrogens with zero attached hydrogens (tertiary/aromatic N) is 4. The lowest BCUT2D eigenvalue weighted by atomic mass is 10.0. The molecule has 0 aliphatic carbocycles. The summed E-state index contributed by atoms with van der Waals surface area (Å²) in [5.41, 5.74) is 9.90. The largest absolute Gasteiger partial charge is 0.301 e. The van der Waals surface area contributed by atoms with Crippen LogP contribution in [0.4, 0.5) is 23.0 Å². The van der Waals surface area contributed by atoms with Crippen LogP contribution < -0.4 is 9.80 Å². The average Bonchev–Trinajstić information content (AvgIpc) is 3.50. The molecule has 5 aromatic rings. The number of fused-ring (bicyclic) bond motifs is 5. The second-order valence-electron chi connectivity index (χ2n) is 9.60. The van der Waals surface area contributed by atoms with Crippen LogP contribution in [0, 0.1) is 0 Å². The second kappa shape index (κ2) is 8.86. The van der Waals surface area contributed by atoms with Crippen LogP contribution in [0.2, 0.25) is 0 Å². The minimum Gasteiger partial charge on any atom is -0.301 e. The topological polar surface area (TPSA) is 32.3 Å². The molecule has 4 heteroatoms. The Morgan fingerprint density at radius 2 is 1.13 bits per heavy atom. The van der Waals surface area contributed by atoms with Gasteiger partial charge in [-0.05, 0) is 64.2 Å². The average molecular weight is 491 g/mol. The van der Waals surface area contributed by atoms with Crippen LogP contribution in [0.3, 0.4) is 0 Å². The summed E-state index contributed by atoms with van der Waals surface area (Å²) in [6.45, 7) is 7.95. The number of rotatable bonds is 5. The summed E-state index contributed by atoms with van der Waals surface area (Å²) in [6.07, 6.45) is 4.42. The zero-order chi connectivity index (χ0) is 25.6. The molecule has 0 spiro atoms. The summed E-state index contributed by atoms with van der Waals surface area (Å²) < 4.78 is 0. The molecule has 0 radical (unpaired) electrons. The van der Waals surface area contributed by atoms with Crippen molar-refractivity contribution in [2.45, 2.75) is 12.6 Å². The molecule has 2 aliphatic rings. The van der Waals surface area contributed by atoms with E-state index < -0.39 is 0 Å². The first-order valence-electron chi connectivity index (χ1n) is 12.8. The summed E-state index contributed by atoms with van der Waals surface area (Å²) in [5, 5.41) is 0. The Kier molecular flexibility index (Phi) is 5.19. The quantitative estimate of drug-likeness (QED) is 0.248. The number of benzene rings is 4. The molecule has 38 heavy (non-hydrogen) atoms. The lowest BCUT2D eigenvalue weighted by Crippen LogP contribution is -2.36. The molecule has 3 heterocycles. The zero-order valence-electron chi connectivity index (χ0n) is 21.0. The molecule has 1 aromatic heterocycles. The molecule has 0 saturated heterocycles. The molecule has 0 N–H and O–H groups in total. The molecule has 4 nitrogen and oxygen atoms in total. The fraction of sp³-hybridized carbons (Fsp3) is 0.0588. The van der Waals surface area contributed by atoms with Gasteiger partial charge in [0.25, 0.3) is 0 Å². The summed E-state index contributed by atoms with van der Waals surface area (Å²) in [6, 6.07) is 36.5. The molecule has 1 unspecified atom stereocenters. The van der Waals surface area contributed by atoms with Crippen molar-refractivity contribution < 1.29 is 0 Å². The molecule has 2 aliphatic heterocycles. The first-order valence-corrected chi connectivity index (χ1v) is 12.8. The maximum atomic E-state index is 5.04. The Hall–Kier alpha value is -4.96. The van der Waals surface area contributed by atoms with Crippen molar-refractivity contribution in [2.75, 3.05) is 9.80 Å². The molecule has 0 saturated carbocycles. The van der Waals surface area contributed by atoms with Crippen LogP contribution in [-0.2, 0) is 6.42 Å². The van der Waals surface area contributed by atoms with E-state index in [1.165, 1.54) is 33.5 Å². The van der Waals surface area contributed by atoms with Gasteiger partial charge in [-0.3, -0.25) is 0 Å². The standard InChI is InChI=1S/C34H26N4/c1-3-29-30(4-2)36-34-33(35-29)37(28-18-15-25(16-19-28)23-11-7-5-8-12-23)32-22-27-21-26(17-20-31(27)38(32)34)24-13-9-6-10-14-24/h3-21,32H,1-2,22H2. The lowest BCUT2D eigenvalue weighted by molar-refractivity contribution is 0.723. The normalized spacial score (nSPS) is 15.1. The lowest BCUT2D eigenvalue weighted by Gasteiger charge is -2.27. The van der Waals surface area contributed by atoms with Crippen LogP contribution in [0.5, 0.6) is 0 Å². The summed E-state index contributed by atoms with van der Waals surface area (Å²) in [5.74, 6) is 1.70. The monoisotopic (exact) mass is 490 g/mol. The number of aromatic nitrogens is 2. The Balaban J connectivity index is 1.35. The van der Waals surface area contributed by atoms with Gasteiger partial charge < -0.3 is 9.80 Å². The highest BCUT2D eigenvalue weighted by Gasteiger charge is 2.45. The number of anilines is 4. The third-order valence-corrected chi connectivity index (χ3v) is 7.46. The molecule has 0 fully saturated rings. The van der Waals surface area contributed by atoms with Crippen LogP contribution >= 0.6 is 0 Å². The van der Waals surface area contributed by atoms with Crippen LogP contribution in [0.15, 0.2) is 116 Å². The van der Waals surface area contributed by atoms with Gasteiger partial charge in [0, 0.05) is 17.8 Å². The maximum Gasteiger partial charge on any atom is 0.179 e. The van der Waals surface area contributed by atoms with Gasteiger partial charge in [0.1, 0.15) is 6.17 Å². The van der Waals surface area contributed by atoms with Gasteiger partial charge >= 0.3 is 0 Å². The minimum atomic E-state index is 0.0475. The van der Waals surface area contributed by atoms with Crippen molar-refractivity contribution >= 4 is 35.2 Å². The van der Waals surface area contributed by atoms with Gasteiger partial charge in [-0.25, -0.2) is 9.97 Å². The van der Waals surface area contributed by atoms with E-state index in [0.29, 0.717) is 0 Å². The Morgan fingerprint density at radius 3 is 1.74 bits per heavy atom. The third-order valence-electron chi connectivity index (χ3n) is 7.46. The van der Waals surface area contributed by atoms with Crippen molar-refractivity contribution in [1.29, 1.82) is 0 Å². The first kappa shape index (κ1) is 22.3. The van der Waals surface area contributed by atoms with Crippen LogP contribution in [0.1, 0.15) is 17.0 Å². The van der Waals surface area contributed by atoms with E-state index in [1.807, 2.05) is 6.07 Å². The van der Waals surface area contributed by atoms with Gasteiger partial charge in [-0.1, -0.05) is 92.0 Å². The summed E-state index contributed by atoms with van der Waals surface area (Å²) >= 11 is 0. The Labute approximate surface area is 222 Å². The summed E-state index contributed by atoms with van der Waals surface area (Å²) in [4.78, 5) is 14.7. The number of hydrogen-bond acceptors (Lipinski definition) is 4. The Morgan fingerprint density at radius 1 is 0.605 bits per heavy atom. The highest BCUT2D eigenvalue weighted by Crippen LogP contribution is 2.52. The molecule has 1 atom stereocenters. The van der Waals surface area contributed by atoms with E-state index in [1.54, 1.807) is 12.2 Å². The van der Waals surface area contributed by atoms with Crippen molar-refractivity contribution in [3.63, 3.8) is 0 Å². The van der Waals surface area contributed by atoms with Crippen LogP contribution in [0.25, 0.3) is 34.4 Å². The molecule has 0 bridgehead atoms. The second-order valence-corrected chi connectivity index (χ2v) is 9.60. The third kappa shape index (κ3) is 3.46. The molecular weight excluding hydrogens is 464 g/mol. The van der Waals surface area contributed by atoms with Crippen molar-refractivity contribution in [3.8, 4) is 22.3 Å². The van der Waals surface area contributed by atoms with Crippen molar-refractivity contribution in [2.24, 2.45) is 0 Å². The highest BCUT2D eigenvalue weighted by atomic mass is 15.5. The van der Waals surface area contributed by atoms with E-state index in [4.69, 9.17) is 9.97 Å². The van der Waals surface area contributed by atoms with E-state index in [0.717, 1.165) is 35.1 Å². The molecule has 7 rings (SSSR count). The van der Waals surface area contributed by atoms with Crippen LogP contribution in [-0.4, -0.2) is 16.1 Å². The fourth-order valence-corrected chi connectivity index (χ4v) is 5.65. The SMILES string of the molecule is C=Cc1nc2c(nc1C=C)N1c3ccc(-c4ccccc4)cc3CC1N2c1ccc(-c2ccccc2)cc1. The van der Waals surface area contributed by atoms with Gasteiger partial charge in [0.15, 0.2) is 11.6 Å². The maximum absolute atomic E-state index is 5.04. The van der Waals surface area contributed by atoms with Gasteiger partial charge in [-0.15, -0.1) is 0 Å². The minimum absolute atomic E-state index is 0.0475. The predicted octanol–water partition coefficient (Wildman–Crippen LogP) is 8.27. The molecule has 4 aromatic carbocycles. The van der Waals surface area contributed by atoms with Crippen molar-refractivity contribution in [1.82, 2.24) is 9.97 Å². The van der Waals surface area contributed by atoms with E-state index in [2.05, 4.69) is 120 Å². The van der Waals surface area contributed by atoms with E-state index >= 15 is 0 Å². The van der Waals surface area contributed by atoms with Crippen molar-refractivity contribution in [3.05, 3.63) is 133 Å². The fourth-order valence-electron chi connectivity index (χ4n) is 5.65. The predicted molar refractivity (Wildman–Crippen MR) is 158 cm³/mol. The molecule has 182 valence electrons. The van der Waals surface area contributed by atoms with Gasteiger partial charge in [-0.2, -0.15) is 0 Å². The first-order chi connectivity index (χ1) is 18.7. The van der Waals surface area contributed by atoms with Gasteiger partial charge in [0.2, 0.25) is 0 Å². The highest BCUT2D eigenvalue weighted by molar-refractivity contribution is 5.89. The number of hydrogen-bond donors (Lipinski definition) is 0. The Bertz CT molecular complexity index is 1650.